The molecule has 2 atom stereocenters. The molecule has 0 radical (unpaired) electrons. The highest BCUT2D eigenvalue weighted by Crippen LogP contribution is 2.27. The van der Waals surface area contributed by atoms with E-state index in [1.165, 1.54) is 36.0 Å². The molecular formula is C40H52N4O2. The van der Waals surface area contributed by atoms with Gasteiger partial charge in [0.1, 0.15) is 0 Å². The molecule has 1 saturated heterocycles. The summed E-state index contributed by atoms with van der Waals surface area (Å²) >= 11 is 0. The standard InChI is InChI=1S/C40H52N4O2/c1-31-19-21-32(22-20-31)23-24-39(45)42-28-36-25-27-44(30-38(33-12-5-2-6-13-33)34-14-7-3-8-15-34)29-37(43-36)18-11-26-41-40(46)35-16-9-4-10-17-35/h2-3,5-8,12-15,19-24,35-38,43H,4,9-11,16-18,25-30H2,1H3,(H,41,46)(H,42,45). The van der Waals surface area contributed by atoms with E-state index in [1.54, 1.807) is 6.08 Å². The zero-order valence-corrected chi connectivity index (χ0v) is 27.5. The van der Waals surface area contributed by atoms with Crippen LogP contribution in [0.25, 0.3) is 6.08 Å². The van der Waals surface area contributed by atoms with Gasteiger partial charge in [-0.05, 0) is 68.3 Å². The quantitative estimate of drug-likeness (QED) is 0.151. The van der Waals surface area contributed by atoms with E-state index in [-0.39, 0.29) is 35.7 Å². The predicted molar refractivity (Wildman–Crippen MR) is 189 cm³/mol. The van der Waals surface area contributed by atoms with Crippen LogP contribution >= 0.6 is 0 Å². The van der Waals surface area contributed by atoms with E-state index in [2.05, 4.69) is 101 Å². The molecule has 6 nitrogen and oxygen atoms in total. The van der Waals surface area contributed by atoms with E-state index in [0.717, 1.165) is 63.8 Å². The summed E-state index contributed by atoms with van der Waals surface area (Å²) in [5, 5.41) is 10.3. The minimum Gasteiger partial charge on any atom is -0.356 e. The Morgan fingerprint density at radius 2 is 1.52 bits per heavy atom. The lowest BCUT2D eigenvalue weighted by atomic mass is 9.88. The number of benzene rings is 3. The van der Waals surface area contributed by atoms with Gasteiger partial charge in [0.25, 0.3) is 0 Å². The summed E-state index contributed by atoms with van der Waals surface area (Å²) in [5.41, 5.74) is 4.88. The zero-order valence-electron chi connectivity index (χ0n) is 27.5. The number of nitrogens with one attached hydrogen (secondary N) is 3. The van der Waals surface area contributed by atoms with Crippen molar-refractivity contribution in [1.29, 1.82) is 0 Å². The lowest BCUT2D eigenvalue weighted by Crippen LogP contribution is -2.46. The Bertz CT molecular complexity index is 1330. The topological polar surface area (TPSA) is 73.5 Å². The van der Waals surface area contributed by atoms with Gasteiger partial charge in [0.15, 0.2) is 0 Å². The van der Waals surface area contributed by atoms with Crippen molar-refractivity contribution in [2.45, 2.75) is 76.3 Å². The molecule has 2 aliphatic rings. The third kappa shape index (κ3) is 10.7. The van der Waals surface area contributed by atoms with Gasteiger partial charge in [0, 0.05) is 56.2 Å². The summed E-state index contributed by atoms with van der Waals surface area (Å²) < 4.78 is 0. The molecule has 6 heteroatoms. The summed E-state index contributed by atoms with van der Waals surface area (Å²) in [4.78, 5) is 28.1. The first-order valence-corrected chi connectivity index (χ1v) is 17.4. The molecule has 46 heavy (non-hydrogen) atoms. The molecule has 0 bridgehead atoms. The molecule has 2 fully saturated rings. The van der Waals surface area contributed by atoms with Crippen LogP contribution in [0.1, 0.15) is 79.5 Å². The Hall–Kier alpha value is -3.74. The summed E-state index contributed by atoms with van der Waals surface area (Å²) in [6, 6.07) is 30.3. The molecule has 0 spiro atoms. The van der Waals surface area contributed by atoms with Crippen LogP contribution in [0.3, 0.4) is 0 Å². The molecule has 1 heterocycles. The second-order valence-electron chi connectivity index (χ2n) is 13.2. The maximum absolute atomic E-state index is 12.7. The highest BCUT2D eigenvalue weighted by Gasteiger charge is 2.27. The Balaban J connectivity index is 1.21. The van der Waals surface area contributed by atoms with Crippen LogP contribution in [0.4, 0.5) is 0 Å². The summed E-state index contributed by atoms with van der Waals surface area (Å²) in [6.45, 7) is 6.19. The van der Waals surface area contributed by atoms with Crippen LogP contribution in [0.2, 0.25) is 0 Å². The highest BCUT2D eigenvalue weighted by atomic mass is 16.2. The maximum atomic E-state index is 12.7. The fraction of sp³-hybridized carbons (Fsp3) is 0.450. The number of amides is 2. The number of carbonyl (C=O) groups excluding carboxylic acids is 2. The fourth-order valence-electron chi connectivity index (χ4n) is 6.95. The number of hydrogen-bond donors (Lipinski definition) is 3. The van der Waals surface area contributed by atoms with Crippen molar-refractivity contribution in [3.05, 3.63) is 113 Å². The Labute approximate surface area is 276 Å². The van der Waals surface area contributed by atoms with Gasteiger partial charge in [-0.2, -0.15) is 0 Å². The fourth-order valence-corrected chi connectivity index (χ4v) is 6.95. The maximum Gasteiger partial charge on any atom is 0.244 e. The molecule has 1 aliphatic heterocycles. The summed E-state index contributed by atoms with van der Waals surface area (Å²) in [5.74, 6) is 0.642. The molecule has 3 N–H and O–H groups in total. The third-order valence-electron chi connectivity index (χ3n) is 9.62. The monoisotopic (exact) mass is 620 g/mol. The molecule has 244 valence electrons. The highest BCUT2D eigenvalue weighted by molar-refractivity contribution is 5.91. The van der Waals surface area contributed by atoms with Gasteiger partial charge < -0.3 is 20.9 Å². The number of carbonyl (C=O) groups is 2. The van der Waals surface area contributed by atoms with Crippen molar-refractivity contribution in [2.24, 2.45) is 5.92 Å². The molecule has 5 rings (SSSR count). The van der Waals surface area contributed by atoms with Crippen molar-refractivity contribution in [3.8, 4) is 0 Å². The van der Waals surface area contributed by atoms with Crippen molar-refractivity contribution in [3.63, 3.8) is 0 Å². The normalized spacial score (nSPS) is 19.6. The molecule has 2 amide bonds. The van der Waals surface area contributed by atoms with Crippen molar-refractivity contribution in [2.75, 3.05) is 32.7 Å². The van der Waals surface area contributed by atoms with Gasteiger partial charge >= 0.3 is 0 Å². The average molecular weight is 621 g/mol. The van der Waals surface area contributed by atoms with Crippen LogP contribution in [0.15, 0.2) is 91.0 Å². The first kappa shape index (κ1) is 33.6. The second-order valence-corrected chi connectivity index (χ2v) is 13.2. The van der Waals surface area contributed by atoms with Crippen LogP contribution in [0.5, 0.6) is 0 Å². The van der Waals surface area contributed by atoms with Crippen LogP contribution in [-0.2, 0) is 9.59 Å². The van der Waals surface area contributed by atoms with Gasteiger partial charge in [-0.15, -0.1) is 0 Å². The Morgan fingerprint density at radius 1 is 0.848 bits per heavy atom. The number of rotatable bonds is 13. The van der Waals surface area contributed by atoms with Crippen molar-refractivity contribution < 1.29 is 9.59 Å². The largest absolute Gasteiger partial charge is 0.356 e. The Kier molecular flexibility index (Phi) is 13.0. The molecule has 0 aromatic heterocycles. The lowest BCUT2D eigenvalue weighted by molar-refractivity contribution is -0.126. The first-order chi connectivity index (χ1) is 22.5. The molecule has 2 unspecified atom stereocenters. The van der Waals surface area contributed by atoms with Crippen LogP contribution < -0.4 is 16.0 Å². The van der Waals surface area contributed by atoms with E-state index in [4.69, 9.17) is 0 Å². The molecular weight excluding hydrogens is 568 g/mol. The number of hydrogen-bond acceptors (Lipinski definition) is 4. The SMILES string of the molecule is Cc1ccc(C=CC(=O)NCC2CCN(CC(c3ccccc3)c3ccccc3)CC(CCCNC(=O)C3CCCCC3)N2)cc1. The number of nitrogens with zero attached hydrogens (tertiary/aromatic N) is 1. The van der Waals surface area contributed by atoms with Crippen molar-refractivity contribution >= 4 is 17.9 Å². The zero-order chi connectivity index (χ0) is 32.0. The summed E-state index contributed by atoms with van der Waals surface area (Å²) in [7, 11) is 0. The molecule has 1 saturated carbocycles. The molecule has 1 aliphatic carbocycles. The van der Waals surface area contributed by atoms with E-state index in [0.29, 0.717) is 6.54 Å². The second kappa shape index (κ2) is 17.8. The van der Waals surface area contributed by atoms with Gasteiger partial charge in [-0.3, -0.25) is 9.59 Å². The minimum absolute atomic E-state index is 0.0707. The van der Waals surface area contributed by atoms with E-state index >= 15 is 0 Å². The smallest absolute Gasteiger partial charge is 0.244 e. The number of aryl methyl sites for hydroxylation is 1. The lowest BCUT2D eigenvalue weighted by Gasteiger charge is -2.29. The van der Waals surface area contributed by atoms with E-state index in [1.807, 2.05) is 18.2 Å². The Morgan fingerprint density at radius 3 is 2.20 bits per heavy atom. The van der Waals surface area contributed by atoms with Crippen LogP contribution in [-0.4, -0.2) is 61.5 Å². The van der Waals surface area contributed by atoms with Crippen LogP contribution in [0, 0.1) is 12.8 Å². The average Bonchev–Trinajstić information content (AvgIpc) is 3.30. The van der Waals surface area contributed by atoms with E-state index in [9.17, 15) is 9.59 Å². The summed E-state index contributed by atoms with van der Waals surface area (Å²) in [6.07, 6.45) is 12.0. The van der Waals surface area contributed by atoms with Crippen molar-refractivity contribution in [1.82, 2.24) is 20.9 Å². The van der Waals surface area contributed by atoms with Gasteiger partial charge in [0.05, 0.1) is 0 Å². The van der Waals surface area contributed by atoms with Gasteiger partial charge in [-0.25, -0.2) is 0 Å². The van der Waals surface area contributed by atoms with E-state index < -0.39 is 0 Å². The van der Waals surface area contributed by atoms with Gasteiger partial charge in [-0.1, -0.05) is 110 Å². The first-order valence-electron chi connectivity index (χ1n) is 17.4. The minimum atomic E-state index is -0.0707. The molecule has 3 aromatic carbocycles. The molecule has 3 aromatic rings. The third-order valence-corrected chi connectivity index (χ3v) is 9.62. The predicted octanol–water partition coefficient (Wildman–Crippen LogP) is 6.47. The van der Waals surface area contributed by atoms with Gasteiger partial charge in [0.2, 0.25) is 11.8 Å².